The molecule has 0 atom stereocenters. The van der Waals surface area contributed by atoms with E-state index in [0.717, 1.165) is 17.9 Å². The molecule has 0 bridgehead atoms. The predicted molar refractivity (Wildman–Crippen MR) is 61.5 cm³/mol. The number of hydrogen-bond donors (Lipinski definition) is 0. The second-order valence-corrected chi connectivity index (χ2v) is 4.88. The van der Waals surface area contributed by atoms with Crippen LogP contribution < -0.4 is 0 Å². The first-order valence-electron chi connectivity index (χ1n) is 5.54. The van der Waals surface area contributed by atoms with Gasteiger partial charge >= 0.3 is 0 Å². The molecule has 1 fully saturated rings. The molecule has 1 aromatic heterocycles. The van der Waals surface area contributed by atoms with Crippen molar-refractivity contribution in [3.8, 4) is 0 Å². The van der Waals surface area contributed by atoms with E-state index in [2.05, 4.69) is 0 Å². The maximum atomic E-state index is 11.6. The molecule has 0 saturated heterocycles. The average Bonchev–Trinajstić information content (AvgIpc) is 2.67. The molecule has 3 heteroatoms. The minimum Gasteiger partial charge on any atom is -0.378 e. The summed E-state index contributed by atoms with van der Waals surface area (Å²) < 4.78 is 5.60. The van der Waals surface area contributed by atoms with Crippen molar-refractivity contribution in [3.63, 3.8) is 0 Å². The lowest BCUT2D eigenvalue weighted by molar-refractivity contribution is 0.00104. The Morgan fingerprint density at radius 1 is 1.53 bits per heavy atom. The monoisotopic (exact) mass is 224 g/mol. The summed E-state index contributed by atoms with van der Waals surface area (Å²) in [6.07, 6.45) is 5.68. The highest BCUT2D eigenvalue weighted by Crippen LogP contribution is 2.22. The van der Waals surface area contributed by atoms with E-state index in [9.17, 15) is 4.79 Å². The summed E-state index contributed by atoms with van der Waals surface area (Å²) in [4.78, 5) is 12.5. The van der Waals surface area contributed by atoms with Crippen molar-refractivity contribution in [1.29, 1.82) is 0 Å². The van der Waals surface area contributed by atoms with E-state index in [-0.39, 0.29) is 5.78 Å². The topological polar surface area (TPSA) is 26.3 Å². The van der Waals surface area contributed by atoms with Gasteiger partial charge in [0.1, 0.15) is 0 Å². The van der Waals surface area contributed by atoms with Gasteiger partial charge in [0, 0.05) is 13.0 Å². The second-order valence-electron chi connectivity index (χ2n) is 3.93. The Hall–Kier alpha value is -0.670. The molecule has 2 rings (SSSR count). The summed E-state index contributed by atoms with van der Waals surface area (Å²) in [5.74, 6) is 0.252. The van der Waals surface area contributed by atoms with E-state index in [4.69, 9.17) is 4.74 Å². The van der Waals surface area contributed by atoms with Crippen LogP contribution in [0.15, 0.2) is 17.5 Å². The Kier molecular flexibility index (Phi) is 3.92. The van der Waals surface area contributed by atoms with Crippen LogP contribution in [0, 0.1) is 0 Å². The molecule has 1 aliphatic rings. The van der Waals surface area contributed by atoms with Gasteiger partial charge in [0.05, 0.1) is 11.0 Å². The number of rotatable bonds is 6. The standard InChI is InChI=1S/C12H16O2S/c13-11(12-7-3-9-15-12)6-2-8-14-10-4-1-5-10/h3,7,9-10H,1-2,4-6,8H2. The molecule has 82 valence electrons. The van der Waals surface area contributed by atoms with E-state index in [1.54, 1.807) is 0 Å². The molecule has 2 nitrogen and oxygen atoms in total. The van der Waals surface area contributed by atoms with Crippen LogP contribution in [0.25, 0.3) is 0 Å². The van der Waals surface area contributed by atoms with Crippen molar-refractivity contribution in [1.82, 2.24) is 0 Å². The van der Waals surface area contributed by atoms with Crippen molar-refractivity contribution in [2.75, 3.05) is 6.61 Å². The van der Waals surface area contributed by atoms with Crippen molar-refractivity contribution < 1.29 is 9.53 Å². The Morgan fingerprint density at radius 2 is 2.40 bits per heavy atom. The van der Waals surface area contributed by atoms with Gasteiger partial charge in [0.25, 0.3) is 0 Å². The molecular formula is C12H16O2S. The normalized spacial score (nSPS) is 16.3. The first-order valence-corrected chi connectivity index (χ1v) is 6.42. The number of carbonyl (C=O) groups is 1. The summed E-state index contributed by atoms with van der Waals surface area (Å²) in [5, 5.41) is 1.94. The molecule has 1 aromatic rings. The van der Waals surface area contributed by atoms with Crippen molar-refractivity contribution in [2.45, 2.75) is 38.2 Å². The van der Waals surface area contributed by atoms with E-state index in [0.29, 0.717) is 12.5 Å². The number of carbonyl (C=O) groups excluding carboxylic acids is 1. The van der Waals surface area contributed by atoms with Gasteiger partial charge in [-0.05, 0) is 37.1 Å². The molecule has 0 aliphatic heterocycles. The third-order valence-corrected chi connectivity index (χ3v) is 3.66. The van der Waals surface area contributed by atoms with Gasteiger partial charge in [-0.2, -0.15) is 0 Å². The molecule has 0 radical (unpaired) electrons. The Morgan fingerprint density at radius 3 is 3.00 bits per heavy atom. The second kappa shape index (κ2) is 5.42. The van der Waals surface area contributed by atoms with Gasteiger partial charge < -0.3 is 4.74 Å². The summed E-state index contributed by atoms with van der Waals surface area (Å²) in [5.41, 5.74) is 0. The Bertz CT molecular complexity index is 301. The lowest BCUT2D eigenvalue weighted by Gasteiger charge is -2.25. The van der Waals surface area contributed by atoms with Crippen LogP contribution in [0.4, 0.5) is 0 Å². The molecule has 0 amide bonds. The molecule has 15 heavy (non-hydrogen) atoms. The molecule has 1 aliphatic carbocycles. The van der Waals surface area contributed by atoms with Gasteiger partial charge in [-0.25, -0.2) is 0 Å². The van der Waals surface area contributed by atoms with Crippen molar-refractivity contribution >= 4 is 17.1 Å². The van der Waals surface area contributed by atoms with Gasteiger partial charge in [-0.1, -0.05) is 6.07 Å². The molecule has 0 aromatic carbocycles. The third kappa shape index (κ3) is 3.14. The van der Waals surface area contributed by atoms with Crippen LogP contribution in [0.1, 0.15) is 41.8 Å². The van der Waals surface area contributed by atoms with Crippen LogP contribution in [0.3, 0.4) is 0 Å². The van der Waals surface area contributed by atoms with Crippen LogP contribution in [-0.4, -0.2) is 18.5 Å². The van der Waals surface area contributed by atoms with E-state index in [1.165, 1.54) is 30.6 Å². The van der Waals surface area contributed by atoms with Crippen LogP contribution in [0.5, 0.6) is 0 Å². The average molecular weight is 224 g/mol. The van der Waals surface area contributed by atoms with E-state index < -0.39 is 0 Å². The molecule has 0 N–H and O–H groups in total. The lowest BCUT2D eigenvalue weighted by atomic mass is 9.96. The summed E-state index contributed by atoms with van der Waals surface area (Å²) in [7, 11) is 0. The fourth-order valence-electron chi connectivity index (χ4n) is 1.58. The fraction of sp³-hybridized carbons (Fsp3) is 0.583. The maximum Gasteiger partial charge on any atom is 0.172 e. The third-order valence-electron chi connectivity index (χ3n) is 2.75. The SMILES string of the molecule is O=C(CCCOC1CCC1)c1cccs1. The highest BCUT2D eigenvalue weighted by atomic mass is 32.1. The van der Waals surface area contributed by atoms with Crippen LogP contribution in [0.2, 0.25) is 0 Å². The quantitative estimate of drug-likeness (QED) is 0.547. The smallest absolute Gasteiger partial charge is 0.172 e. The number of ketones is 1. The number of Topliss-reactive ketones (excluding diaryl/α,β-unsaturated/α-hetero) is 1. The van der Waals surface area contributed by atoms with E-state index >= 15 is 0 Å². The molecule has 1 saturated carbocycles. The number of hydrogen-bond acceptors (Lipinski definition) is 3. The zero-order valence-electron chi connectivity index (χ0n) is 8.78. The summed E-state index contributed by atoms with van der Waals surface area (Å²) in [6, 6.07) is 3.81. The molecule has 0 unspecified atom stereocenters. The number of ether oxygens (including phenoxy) is 1. The predicted octanol–water partition coefficient (Wildman–Crippen LogP) is 3.28. The highest BCUT2D eigenvalue weighted by molar-refractivity contribution is 7.12. The summed E-state index contributed by atoms with van der Waals surface area (Å²) >= 11 is 1.52. The minimum atomic E-state index is 0.252. The first kappa shape index (κ1) is 10.8. The van der Waals surface area contributed by atoms with Gasteiger partial charge in [-0.15, -0.1) is 11.3 Å². The van der Waals surface area contributed by atoms with Crippen LogP contribution in [-0.2, 0) is 4.74 Å². The van der Waals surface area contributed by atoms with Gasteiger partial charge in [0.15, 0.2) is 5.78 Å². The van der Waals surface area contributed by atoms with Crippen molar-refractivity contribution in [2.24, 2.45) is 0 Å². The van der Waals surface area contributed by atoms with Gasteiger partial charge in [0.2, 0.25) is 0 Å². The molecule has 1 heterocycles. The van der Waals surface area contributed by atoms with Crippen LogP contribution >= 0.6 is 11.3 Å². The molecular weight excluding hydrogens is 208 g/mol. The number of thiophene rings is 1. The highest BCUT2D eigenvalue weighted by Gasteiger charge is 2.17. The molecule has 0 spiro atoms. The van der Waals surface area contributed by atoms with Gasteiger partial charge in [-0.3, -0.25) is 4.79 Å². The van der Waals surface area contributed by atoms with E-state index in [1.807, 2.05) is 17.5 Å². The Balaban J connectivity index is 1.59. The first-order chi connectivity index (χ1) is 7.36. The minimum absolute atomic E-state index is 0.252. The maximum absolute atomic E-state index is 11.6. The largest absolute Gasteiger partial charge is 0.378 e. The van der Waals surface area contributed by atoms with Crippen molar-refractivity contribution in [3.05, 3.63) is 22.4 Å². The lowest BCUT2D eigenvalue weighted by Crippen LogP contribution is -2.22. The fourth-order valence-corrected chi connectivity index (χ4v) is 2.27. The summed E-state index contributed by atoms with van der Waals surface area (Å²) in [6.45, 7) is 0.738. The zero-order chi connectivity index (χ0) is 10.5. The zero-order valence-corrected chi connectivity index (χ0v) is 9.59. The Labute approximate surface area is 94.3 Å².